The summed E-state index contributed by atoms with van der Waals surface area (Å²) >= 11 is 5.82. The van der Waals surface area contributed by atoms with Gasteiger partial charge in [0.1, 0.15) is 23.1 Å². The van der Waals surface area contributed by atoms with Gasteiger partial charge in [-0.2, -0.15) is 0 Å². The molecule has 2 heterocycles. The normalized spacial score (nSPS) is 10.4. The van der Waals surface area contributed by atoms with Gasteiger partial charge in [-0.3, -0.25) is 0 Å². The average Bonchev–Trinajstić information content (AvgIpc) is 2.71. The van der Waals surface area contributed by atoms with Gasteiger partial charge in [-0.25, -0.2) is 9.78 Å². The quantitative estimate of drug-likeness (QED) is 0.631. The second-order valence-electron chi connectivity index (χ2n) is 3.93. The molecule has 0 unspecified atom stereocenters. The molecule has 0 amide bonds. The molecule has 0 spiro atoms. The smallest absolute Gasteiger partial charge is 0.342 e. The summed E-state index contributed by atoms with van der Waals surface area (Å²) in [5.74, 6) is 0.107. The molecule has 0 radical (unpaired) electrons. The summed E-state index contributed by atoms with van der Waals surface area (Å²) in [4.78, 5) is 15.8. The summed E-state index contributed by atoms with van der Waals surface area (Å²) in [5.41, 5.74) is 2.02. The molecule has 94 valence electrons. The van der Waals surface area contributed by atoms with Gasteiger partial charge in [0.25, 0.3) is 0 Å². The van der Waals surface area contributed by atoms with E-state index in [0.717, 1.165) is 5.56 Å². The van der Waals surface area contributed by atoms with E-state index in [1.807, 2.05) is 13.0 Å². The van der Waals surface area contributed by atoms with Crippen molar-refractivity contribution in [2.24, 2.45) is 0 Å². The number of rotatable bonds is 3. The molecule has 18 heavy (non-hydrogen) atoms. The highest BCUT2D eigenvalue weighted by atomic mass is 35.5. The van der Waals surface area contributed by atoms with Gasteiger partial charge in [-0.1, -0.05) is 11.6 Å². The lowest BCUT2D eigenvalue weighted by Crippen LogP contribution is -2.06. The van der Waals surface area contributed by atoms with Crippen molar-refractivity contribution in [2.45, 2.75) is 20.5 Å². The van der Waals surface area contributed by atoms with Crippen LogP contribution in [0.15, 0.2) is 28.9 Å². The van der Waals surface area contributed by atoms with E-state index < -0.39 is 5.97 Å². The number of aromatic nitrogens is 1. The van der Waals surface area contributed by atoms with Crippen molar-refractivity contribution >= 4 is 17.6 Å². The van der Waals surface area contributed by atoms with E-state index in [2.05, 4.69) is 4.98 Å². The van der Waals surface area contributed by atoms with Crippen molar-refractivity contribution in [3.8, 4) is 0 Å². The van der Waals surface area contributed by atoms with Gasteiger partial charge < -0.3 is 9.15 Å². The van der Waals surface area contributed by atoms with E-state index in [-0.39, 0.29) is 6.61 Å². The fourth-order valence-electron chi connectivity index (χ4n) is 1.58. The number of hydrogen-bond acceptors (Lipinski definition) is 4. The molecule has 0 aliphatic carbocycles. The van der Waals surface area contributed by atoms with E-state index in [1.165, 1.54) is 6.26 Å². The van der Waals surface area contributed by atoms with Gasteiger partial charge in [0.2, 0.25) is 0 Å². The Hall–Kier alpha value is -1.81. The summed E-state index contributed by atoms with van der Waals surface area (Å²) in [6, 6.07) is 5.14. The Morgan fingerprint density at radius 1 is 1.44 bits per heavy atom. The minimum absolute atomic E-state index is 0.0881. The fraction of sp³-hybridized carbons (Fsp3) is 0.231. The number of aryl methyl sites for hydroxylation is 2. The fourth-order valence-corrected chi connectivity index (χ4v) is 1.86. The molecule has 5 heteroatoms. The van der Waals surface area contributed by atoms with Crippen molar-refractivity contribution in [1.29, 1.82) is 0 Å². The van der Waals surface area contributed by atoms with E-state index in [4.69, 9.17) is 20.8 Å². The zero-order chi connectivity index (χ0) is 13.1. The van der Waals surface area contributed by atoms with E-state index in [9.17, 15) is 4.79 Å². The predicted octanol–water partition coefficient (Wildman–Crippen LogP) is 3.30. The minimum atomic E-state index is -0.430. The lowest BCUT2D eigenvalue weighted by molar-refractivity contribution is 0.0465. The first-order valence-corrected chi connectivity index (χ1v) is 5.78. The molecular formula is C13H12ClNO3. The highest BCUT2D eigenvalue weighted by Gasteiger charge is 2.13. The number of pyridine rings is 1. The largest absolute Gasteiger partial charge is 0.469 e. The molecular weight excluding hydrogens is 254 g/mol. The molecule has 4 nitrogen and oxygen atoms in total. The second-order valence-corrected chi connectivity index (χ2v) is 4.31. The van der Waals surface area contributed by atoms with Gasteiger partial charge in [0.05, 0.1) is 12.0 Å². The first-order chi connectivity index (χ1) is 8.56. The number of esters is 1. The number of ether oxygens (including phenoxy) is 1. The Labute approximate surface area is 110 Å². The maximum absolute atomic E-state index is 11.7. The zero-order valence-electron chi connectivity index (χ0n) is 10.1. The van der Waals surface area contributed by atoms with Gasteiger partial charge in [-0.05, 0) is 37.6 Å². The molecule has 0 aliphatic heterocycles. The number of nitrogens with zero attached hydrogens (tertiary/aromatic N) is 1. The van der Waals surface area contributed by atoms with Gasteiger partial charge in [0, 0.05) is 0 Å². The molecule has 0 bridgehead atoms. The van der Waals surface area contributed by atoms with Crippen LogP contribution in [0.4, 0.5) is 0 Å². The van der Waals surface area contributed by atoms with Crippen LogP contribution in [0.3, 0.4) is 0 Å². The van der Waals surface area contributed by atoms with Crippen LogP contribution in [0.1, 0.15) is 27.4 Å². The van der Waals surface area contributed by atoms with E-state index in [1.54, 1.807) is 19.1 Å². The molecule has 0 saturated heterocycles. The Kier molecular flexibility index (Phi) is 3.67. The van der Waals surface area contributed by atoms with Crippen molar-refractivity contribution in [3.63, 3.8) is 0 Å². The van der Waals surface area contributed by atoms with Crippen LogP contribution in [-0.4, -0.2) is 11.0 Å². The summed E-state index contributed by atoms with van der Waals surface area (Å²) in [7, 11) is 0. The van der Waals surface area contributed by atoms with E-state index in [0.29, 0.717) is 22.2 Å². The Morgan fingerprint density at radius 3 is 2.83 bits per heavy atom. The lowest BCUT2D eigenvalue weighted by Gasteiger charge is -2.05. The van der Waals surface area contributed by atoms with Crippen molar-refractivity contribution in [2.75, 3.05) is 0 Å². The third-order valence-corrected chi connectivity index (χ3v) is 2.61. The Morgan fingerprint density at radius 2 is 2.22 bits per heavy atom. The van der Waals surface area contributed by atoms with Crippen LogP contribution in [0.5, 0.6) is 0 Å². The van der Waals surface area contributed by atoms with Gasteiger partial charge in [0.15, 0.2) is 0 Å². The molecule has 0 N–H and O–H groups in total. The maximum Gasteiger partial charge on any atom is 0.342 e. The van der Waals surface area contributed by atoms with Crippen LogP contribution in [0.25, 0.3) is 0 Å². The number of halogens is 1. The first kappa shape index (κ1) is 12.6. The number of furan rings is 1. The molecule has 2 aromatic heterocycles. The van der Waals surface area contributed by atoms with Crippen LogP contribution < -0.4 is 0 Å². The summed E-state index contributed by atoms with van der Waals surface area (Å²) in [6.45, 7) is 3.70. The predicted molar refractivity (Wildman–Crippen MR) is 66.5 cm³/mol. The van der Waals surface area contributed by atoms with Crippen molar-refractivity contribution in [3.05, 3.63) is 52.2 Å². The average molecular weight is 266 g/mol. The molecule has 2 rings (SSSR count). The Bertz CT molecular complexity index is 557. The third-order valence-electron chi connectivity index (χ3n) is 2.42. The molecule has 0 saturated carbocycles. The van der Waals surface area contributed by atoms with Crippen molar-refractivity contribution < 1.29 is 13.9 Å². The summed E-state index contributed by atoms with van der Waals surface area (Å²) in [6.07, 6.45) is 1.45. The van der Waals surface area contributed by atoms with Gasteiger partial charge >= 0.3 is 5.97 Å². The van der Waals surface area contributed by atoms with Gasteiger partial charge in [-0.15, -0.1) is 0 Å². The summed E-state index contributed by atoms with van der Waals surface area (Å²) < 4.78 is 10.2. The SMILES string of the molecule is Cc1cc(Cl)nc(COC(=O)c2ccoc2C)c1. The first-order valence-electron chi connectivity index (χ1n) is 5.40. The molecule has 0 aliphatic rings. The third kappa shape index (κ3) is 2.90. The van der Waals surface area contributed by atoms with Crippen LogP contribution in [0, 0.1) is 13.8 Å². The summed E-state index contributed by atoms with van der Waals surface area (Å²) in [5, 5.41) is 0.389. The zero-order valence-corrected chi connectivity index (χ0v) is 10.8. The topological polar surface area (TPSA) is 52.3 Å². The lowest BCUT2D eigenvalue weighted by atomic mass is 10.2. The Balaban J connectivity index is 2.04. The number of carbonyl (C=O) groups is 1. The molecule has 2 aromatic rings. The molecule has 0 atom stereocenters. The molecule has 0 aromatic carbocycles. The van der Waals surface area contributed by atoms with Crippen LogP contribution in [-0.2, 0) is 11.3 Å². The molecule has 0 fully saturated rings. The highest BCUT2D eigenvalue weighted by Crippen LogP contribution is 2.13. The van der Waals surface area contributed by atoms with Crippen molar-refractivity contribution in [1.82, 2.24) is 4.98 Å². The van der Waals surface area contributed by atoms with Crippen LogP contribution in [0.2, 0.25) is 5.15 Å². The monoisotopic (exact) mass is 265 g/mol. The van der Waals surface area contributed by atoms with E-state index >= 15 is 0 Å². The number of carbonyl (C=O) groups excluding carboxylic acids is 1. The standard InChI is InChI=1S/C13H12ClNO3/c1-8-5-10(15-12(14)6-8)7-18-13(16)11-3-4-17-9(11)2/h3-6H,7H2,1-2H3. The maximum atomic E-state index is 11.7. The highest BCUT2D eigenvalue weighted by molar-refractivity contribution is 6.29. The van der Waals surface area contributed by atoms with Crippen LogP contribution >= 0.6 is 11.6 Å². The second kappa shape index (κ2) is 5.23. The minimum Gasteiger partial charge on any atom is -0.469 e. The number of hydrogen-bond donors (Lipinski definition) is 0.